The van der Waals surface area contributed by atoms with Crippen LogP contribution in [0.5, 0.6) is 5.75 Å². The standard InChI is InChI=1S/C13H14BrClN2O2/c1-7(8-5-16-6-8)13(18)17-11-4-9(15)3-10(14)12(11)19-2/h3-4,16H,5-6H2,1-2H3,(H,17,18). The van der Waals surface area contributed by atoms with Crippen LogP contribution in [0.1, 0.15) is 6.92 Å². The van der Waals surface area contributed by atoms with Crippen LogP contribution in [-0.4, -0.2) is 26.1 Å². The van der Waals surface area contributed by atoms with Crippen molar-refractivity contribution < 1.29 is 9.53 Å². The van der Waals surface area contributed by atoms with Crippen molar-refractivity contribution in [3.05, 3.63) is 32.8 Å². The van der Waals surface area contributed by atoms with E-state index in [-0.39, 0.29) is 5.91 Å². The second-order valence-electron chi connectivity index (χ2n) is 4.25. The number of halogens is 2. The molecule has 0 aromatic heterocycles. The highest BCUT2D eigenvalue weighted by molar-refractivity contribution is 9.10. The minimum absolute atomic E-state index is 0.135. The van der Waals surface area contributed by atoms with Gasteiger partial charge in [0.2, 0.25) is 0 Å². The SMILES string of the molecule is COc1c(Br)cc(Cl)cc1NC(=O)C(C)=C1CNC1. The first kappa shape index (κ1) is 14.4. The molecule has 0 atom stereocenters. The molecule has 0 radical (unpaired) electrons. The summed E-state index contributed by atoms with van der Waals surface area (Å²) in [5.41, 5.74) is 2.41. The molecular formula is C13H14BrClN2O2. The lowest BCUT2D eigenvalue weighted by Gasteiger charge is -2.21. The van der Waals surface area contributed by atoms with Crippen molar-refractivity contribution in [2.75, 3.05) is 25.5 Å². The van der Waals surface area contributed by atoms with Gasteiger partial charge in [0.1, 0.15) is 0 Å². The van der Waals surface area contributed by atoms with Gasteiger partial charge in [-0.3, -0.25) is 4.79 Å². The van der Waals surface area contributed by atoms with Gasteiger partial charge < -0.3 is 15.4 Å². The zero-order valence-corrected chi connectivity index (χ0v) is 13.0. The van der Waals surface area contributed by atoms with Gasteiger partial charge in [-0.2, -0.15) is 0 Å². The first-order valence-corrected chi connectivity index (χ1v) is 6.93. The predicted octanol–water partition coefficient (Wildman–Crippen LogP) is 2.97. The van der Waals surface area contributed by atoms with E-state index in [1.165, 1.54) is 0 Å². The maximum atomic E-state index is 12.1. The van der Waals surface area contributed by atoms with Crippen molar-refractivity contribution in [2.45, 2.75) is 6.92 Å². The van der Waals surface area contributed by atoms with Gasteiger partial charge in [0, 0.05) is 23.7 Å². The van der Waals surface area contributed by atoms with E-state index in [1.54, 1.807) is 19.2 Å². The summed E-state index contributed by atoms with van der Waals surface area (Å²) in [6.07, 6.45) is 0. The Bertz CT molecular complexity index is 552. The summed E-state index contributed by atoms with van der Waals surface area (Å²) in [5, 5.41) is 6.46. The van der Waals surface area contributed by atoms with Gasteiger partial charge in [-0.25, -0.2) is 0 Å². The number of anilines is 1. The van der Waals surface area contributed by atoms with E-state index in [4.69, 9.17) is 16.3 Å². The normalized spacial score (nSPS) is 13.8. The predicted molar refractivity (Wildman–Crippen MR) is 79.9 cm³/mol. The number of nitrogens with one attached hydrogen (secondary N) is 2. The zero-order chi connectivity index (χ0) is 14.0. The van der Waals surface area contributed by atoms with E-state index in [9.17, 15) is 4.79 Å². The van der Waals surface area contributed by atoms with E-state index in [0.717, 1.165) is 24.2 Å². The van der Waals surface area contributed by atoms with Gasteiger partial charge in [0.25, 0.3) is 5.91 Å². The highest BCUT2D eigenvalue weighted by Gasteiger charge is 2.18. The van der Waals surface area contributed by atoms with Crippen LogP contribution in [0.4, 0.5) is 5.69 Å². The summed E-state index contributed by atoms with van der Waals surface area (Å²) in [7, 11) is 1.55. The second-order valence-corrected chi connectivity index (χ2v) is 5.55. The Labute approximate surface area is 125 Å². The lowest BCUT2D eigenvalue weighted by atomic mass is 10.0. The number of hydrogen-bond donors (Lipinski definition) is 2. The van der Waals surface area contributed by atoms with Crippen LogP contribution in [0.15, 0.2) is 27.8 Å². The molecule has 1 aliphatic rings. The molecule has 1 amide bonds. The molecule has 0 bridgehead atoms. The van der Waals surface area contributed by atoms with Crippen molar-refractivity contribution in [1.29, 1.82) is 0 Å². The molecule has 1 aromatic rings. The van der Waals surface area contributed by atoms with E-state index >= 15 is 0 Å². The van der Waals surface area contributed by atoms with Crippen LogP contribution >= 0.6 is 27.5 Å². The lowest BCUT2D eigenvalue weighted by molar-refractivity contribution is -0.112. The van der Waals surface area contributed by atoms with E-state index in [2.05, 4.69) is 26.6 Å². The number of benzene rings is 1. The van der Waals surface area contributed by atoms with Crippen LogP contribution in [0.25, 0.3) is 0 Å². The van der Waals surface area contributed by atoms with Crippen LogP contribution in [0.3, 0.4) is 0 Å². The maximum absolute atomic E-state index is 12.1. The molecule has 0 unspecified atom stereocenters. The molecule has 1 aromatic carbocycles. The molecule has 0 aliphatic carbocycles. The summed E-state index contributed by atoms with van der Waals surface area (Å²) in [6, 6.07) is 3.39. The van der Waals surface area contributed by atoms with E-state index in [1.807, 2.05) is 6.92 Å². The van der Waals surface area contributed by atoms with Gasteiger partial charge in [0.15, 0.2) is 5.75 Å². The van der Waals surface area contributed by atoms with Crippen molar-refractivity contribution in [3.63, 3.8) is 0 Å². The average molecular weight is 346 g/mol. The fourth-order valence-electron chi connectivity index (χ4n) is 1.75. The minimum Gasteiger partial charge on any atom is -0.493 e. The average Bonchev–Trinajstić information content (AvgIpc) is 2.25. The Kier molecular flexibility index (Phi) is 4.50. The van der Waals surface area contributed by atoms with Crippen molar-refractivity contribution >= 4 is 39.1 Å². The van der Waals surface area contributed by atoms with Crippen LogP contribution in [0, 0.1) is 0 Å². The van der Waals surface area contributed by atoms with Crippen molar-refractivity contribution in [3.8, 4) is 5.75 Å². The Balaban J connectivity index is 2.25. The molecule has 2 N–H and O–H groups in total. The molecule has 6 heteroatoms. The van der Waals surface area contributed by atoms with E-state index in [0.29, 0.717) is 20.9 Å². The first-order chi connectivity index (χ1) is 9.02. The summed E-state index contributed by atoms with van der Waals surface area (Å²) in [6.45, 7) is 3.36. The smallest absolute Gasteiger partial charge is 0.251 e. The largest absolute Gasteiger partial charge is 0.493 e. The summed E-state index contributed by atoms with van der Waals surface area (Å²) in [5.74, 6) is 0.422. The molecule has 4 nitrogen and oxygen atoms in total. The van der Waals surface area contributed by atoms with Crippen LogP contribution < -0.4 is 15.4 Å². The molecule has 1 saturated heterocycles. The van der Waals surface area contributed by atoms with Gasteiger partial charge in [-0.1, -0.05) is 11.6 Å². The van der Waals surface area contributed by atoms with Crippen molar-refractivity contribution in [2.24, 2.45) is 0 Å². The Hall–Kier alpha value is -1.04. The molecular weight excluding hydrogens is 332 g/mol. The number of carbonyl (C=O) groups excluding carboxylic acids is 1. The Morgan fingerprint density at radius 1 is 1.47 bits per heavy atom. The van der Waals surface area contributed by atoms with Gasteiger partial charge in [0.05, 0.1) is 17.3 Å². The monoisotopic (exact) mass is 344 g/mol. The highest BCUT2D eigenvalue weighted by Crippen LogP contribution is 2.36. The number of hydrogen-bond acceptors (Lipinski definition) is 3. The van der Waals surface area contributed by atoms with Crippen LogP contribution in [-0.2, 0) is 4.79 Å². The maximum Gasteiger partial charge on any atom is 0.251 e. The fraction of sp³-hybridized carbons (Fsp3) is 0.308. The molecule has 102 valence electrons. The summed E-state index contributed by atoms with van der Waals surface area (Å²) in [4.78, 5) is 12.1. The third kappa shape index (κ3) is 3.11. The molecule has 1 heterocycles. The quantitative estimate of drug-likeness (QED) is 0.828. The highest BCUT2D eigenvalue weighted by atomic mass is 79.9. The number of carbonyl (C=O) groups is 1. The molecule has 19 heavy (non-hydrogen) atoms. The summed E-state index contributed by atoms with van der Waals surface area (Å²) < 4.78 is 5.97. The summed E-state index contributed by atoms with van der Waals surface area (Å²) >= 11 is 9.34. The van der Waals surface area contributed by atoms with E-state index < -0.39 is 0 Å². The molecule has 1 fully saturated rings. The van der Waals surface area contributed by atoms with Gasteiger partial charge in [-0.05, 0) is 40.6 Å². The van der Waals surface area contributed by atoms with Gasteiger partial charge >= 0.3 is 0 Å². The number of ether oxygens (including phenoxy) is 1. The zero-order valence-electron chi connectivity index (χ0n) is 10.6. The third-order valence-corrected chi connectivity index (χ3v) is 3.82. The van der Waals surface area contributed by atoms with Crippen molar-refractivity contribution in [1.82, 2.24) is 5.32 Å². The third-order valence-electron chi connectivity index (χ3n) is 3.01. The van der Waals surface area contributed by atoms with Gasteiger partial charge in [-0.15, -0.1) is 0 Å². The Morgan fingerprint density at radius 3 is 2.68 bits per heavy atom. The molecule has 1 aliphatic heterocycles. The number of amides is 1. The fourth-order valence-corrected chi connectivity index (χ4v) is 2.72. The Morgan fingerprint density at radius 2 is 2.16 bits per heavy atom. The topological polar surface area (TPSA) is 50.4 Å². The minimum atomic E-state index is -0.135. The molecule has 0 spiro atoms. The number of rotatable bonds is 3. The molecule has 0 saturated carbocycles. The van der Waals surface area contributed by atoms with Crippen LogP contribution in [0.2, 0.25) is 5.02 Å². The number of methoxy groups -OCH3 is 1. The first-order valence-electron chi connectivity index (χ1n) is 5.76. The second kappa shape index (κ2) is 5.94. The molecule has 2 rings (SSSR count). The lowest BCUT2D eigenvalue weighted by Crippen LogP contribution is -2.36.